The van der Waals surface area contributed by atoms with Crippen LogP contribution < -0.4 is 10.6 Å². The van der Waals surface area contributed by atoms with Crippen molar-refractivity contribution in [2.45, 2.75) is 32.9 Å². The van der Waals surface area contributed by atoms with Crippen molar-refractivity contribution in [1.82, 2.24) is 15.5 Å². The fourth-order valence-electron chi connectivity index (χ4n) is 1.10. The molecule has 0 bridgehead atoms. The summed E-state index contributed by atoms with van der Waals surface area (Å²) in [7, 11) is 0. The van der Waals surface area contributed by atoms with Crippen molar-refractivity contribution in [2.24, 2.45) is 0 Å². The Hall–Kier alpha value is -0.750. The molecule has 0 spiro atoms. The average molecular weight is 244 g/mol. The highest BCUT2D eigenvalue weighted by atomic mass is 32.2. The van der Waals surface area contributed by atoms with E-state index in [4.69, 9.17) is 4.42 Å². The van der Waals surface area contributed by atoms with Crippen LogP contribution in [0.1, 0.15) is 26.2 Å². The number of thioether (sulfide) groups is 1. The number of rotatable bonds is 8. The molecule has 0 saturated heterocycles. The maximum absolute atomic E-state index is 5.41. The third kappa shape index (κ3) is 5.37. The lowest BCUT2D eigenvalue weighted by molar-refractivity contribution is 0.458. The van der Waals surface area contributed by atoms with E-state index in [1.807, 2.05) is 11.8 Å². The molecule has 1 heterocycles. The molecule has 0 saturated carbocycles. The van der Waals surface area contributed by atoms with Crippen LogP contribution in [0.4, 0.5) is 6.01 Å². The van der Waals surface area contributed by atoms with Gasteiger partial charge in [-0.25, -0.2) is 0 Å². The van der Waals surface area contributed by atoms with Gasteiger partial charge < -0.3 is 15.1 Å². The third-order valence-corrected chi connectivity index (χ3v) is 2.63. The van der Waals surface area contributed by atoms with Crippen molar-refractivity contribution < 1.29 is 4.42 Å². The molecule has 16 heavy (non-hydrogen) atoms. The Morgan fingerprint density at radius 1 is 1.38 bits per heavy atom. The van der Waals surface area contributed by atoms with E-state index in [2.05, 4.69) is 40.9 Å². The van der Waals surface area contributed by atoms with Crippen LogP contribution in [0.5, 0.6) is 0 Å². The van der Waals surface area contributed by atoms with Gasteiger partial charge in [0.2, 0.25) is 5.89 Å². The zero-order valence-corrected chi connectivity index (χ0v) is 10.9. The largest absolute Gasteiger partial charge is 0.407 e. The molecule has 0 atom stereocenters. The summed E-state index contributed by atoms with van der Waals surface area (Å²) >= 11 is 1.84. The minimum atomic E-state index is 0.421. The highest BCUT2D eigenvalue weighted by Gasteiger charge is 2.05. The van der Waals surface area contributed by atoms with E-state index >= 15 is 0 Å². The number of hydrogen-bond acceptors (Lipinski definition) is 6. The monoisotopic (exact) mass is 244 g/mol. The topological polar surface area (TPSA) is 63.0 Å². The lowest BCUT2D eigenvalue weighted by atomic mass is 10.4. The van der Waals surface area contributed by atoms with Crippen molar-refractivity contribution in [3.05, 3.63) is 5.89 Å². The first-order valence-corrected chi connectivity index (χ1v) is 6.90. The Labute approximate surface area is 101 Å². The summed E-state index contributed by atoms with van der Waals surface area (Å²) in [6, 6.07) is 0.937. The molecule has 0 amide bonds. The van der Waals surface area contributed by atoms with E-state index in [1.165, 1.54) is 0 Å². The van der Waals surface area contributed by atoms with Crippen LogP contribution in [-0.2, 0) is 6.54 Å². The van der Waals surface area contributed by atoms with Crippen LogP contribution >= 0.6 is 11.8 Å². The molecule has 0 radical (unpaired) electrons. The molecule has 92 valence electrons. The highest BCUT2D eigenvalue weighted by Crippen LogP contribution is 2.05. The fraction of sp³-hybridized carbons (Fsp3) is 0.800. The SMILES string of the molecule is CSCCCNc1nnc(CNC(C)C)o1. The number of aromatic nitrogens is 2. The molecular weight excluding hydrogens is 224 g/mol. The summed E-state index contributed by atoms with van der Waals surface area (Å²) in [5.74, 6) is 1.77. The van der Waals surface area contributed by atoms with Crippen molar-refractivity contribution in [1.29, 1.82) is 0 Å². The van der Waals surface area contributed by atoms with Crippen LogP contribution in [0.25, 0.3) is 0 Å². The maximum atomic E-state index is 5.41. The van der Waals surface area contributed by atoms with E-state index in [0.717, 1.165) is 18.7 Å². The summed E-state index contributed by atoms with van der Waals surface area (Å²) in [6.45, 7) is 5.66. The fourth-order valence-corrected chi connectivity index (χ4v) is 1.53. The summed E-state index contributed by atoms with van der Waals surface area (Å²) in [5, 5.41) is 14.2. The van der Waals surface area contributed by atoms with Gasteiger partial charge in [-0.3, -0.25) is 0 Å². The molecule has 1 aromatic heterocycles. The van der Waals surface area contributed by atoms with E-state index in [1.54, 1.807) is 0 Å². The summed E-state index contributed by atoms with van der Waals surface area (Å²) < 4.78 is 5.41. The Balaban J connectivity index is 2.22. The summed E-state index contributed by atoms with van der Waals surface area (Å²) in [5.41, 5.74) is 0. The van der Waals surface area contributed by atoms with Gasteiger partial charge in [0, 0.05) is 12.6 Å². The molecule has 5 nitrogen and oxygen atoms in total. The Kier molecular flexibility index (Phi) is 6.25. The van der Waals surface area contributed by atoms with Gasteiger partial charge in [0.05, 0.1) is 6.54 Å². The van der Waals surface area contributed by atoms with Gasteiger partial charge >= 0.3 is 6.01 Å². The Morgan fingerprint density at radius 3 is 2.88 bits per heavy atom. The second-order valence-electron chi connectivity index (χ2n) is 3.81. The van der Waals surface area contributed by atoms with Gasteiger partial charge in [-0.1, -0.05) is 18.9 Å². The van der Waals surface area contributed by atoms with Crippen molar-refractivity contribution in [3.63, 3.8) is 0 Å². The summed E-state index contributed by atoms with van der Waals surface area (Å²) in [6.07, 6.45) is 3.20. The smallest absolute Gasteiger partial charge is 0.315 e. The van der Waals surface area contributed by atoms with Gasteiger partial charge in [-0.15, -0.1) is 5.10 Å². The van der Waals surface area contributed by atoms with Crippen LogP contribution in [0.3, 0.4) is 0 Å². The molecule has 0 unspecified atom stereocenters. The maximum Gasteiger partial charge on any atom is 0.315 e. The lowest BCUT2D eigenvalue weighted by Gasteiger charge is -2.03. The predicted octanol–water partition coefficient (Wildman–Crippen LogP) is 1.73. The Morgan fingerprint density at radius 2 is 2.19 bits per heavy atom. The molecule has 0 aromatic carbocycles. The van der Waals surface area contributed by atoms with Crippen LogP contribution in [-0.4, -0.2) is 34.8 Å². The molecule has 1 aromatic rings. The first-order chi connectivity index (χ1) is 7.72. The first-order valence-electron chi connectivity index (χ1n) is 5.51. The molecule has 6 heteroatoms. The van der Waals surface area contributed by atoms with Gasteiger partial charge in [0.15, 0.2) is 0 Å². The molecule has 1 rings (SSSR count). The van der Waals surface area contributed by atoms with Gasteiger partial charge in [0.25, 0.3) is 0 Å². The number of anilines is 1. The third-order valence-electron chi connectivity index (χ3n) is 1.93. The van der Waals surface area contributed by atoms with E-state index in [-0.39, 0.29) is 0 Å². The van der Waals surface area contributed by atoms with Gasteiger partial charge in [-0.2, -0.15) is 11.8 Å². The van der Waals surface area contributed by atoms with Crippen molar-refractivity contribution in [3.8, 4) is 0 Å². The standard InChI is InChI=1S/C10H20N4OS/c1-8(2)12-7-9-13-14-10(15-9)11-5-4-6-16-3/h8,12H,4-7H2,1-3H3,(H,11,14). The van der Waals surface area contributed by atoms with E-state index in [9.17, 15) is 0 Å². The average Bonchev–Trinajstić information content (AvgIpc) is 2.70. The second-order valence-corrected chi connectivity index (χ2v) is 4.80. The lowest BCUT2D eigenvalue weighted by Crippen LogP contribution is -2.21. The van der Waals surface area contributed by atoms with Crippen LogP contribution in [0.2, 0.25) is 0 Å². The number of hydrogen-bond donors (Lipinski definition) is 2. The van der Waals surface area contributed by atoms with Crippen LogP contribution in [0.15, 0.2) is 4.42 Å². The van der Waals surface area contributed by atoms with Crippen molar-refractivity contribution in [2.75, 3.05) is 23.9 Å². The van der Waals surface area contributed by atoms with Crippen molar-refractivity contribution >= 4 is 17.8 Å². The van der Waals surface area contributed by atoms with E-state index < -0.39 is 0 Å². The zero-order valence-electron chi connectivity index (χ0n) is 10.1. The van der Waals surface area contributed by atoms with Crippen LogP contribution in [0, 0.1) is 0 Å². The molecule has 2 N–H and O–H groups in total. The molecule has 0 fully saturated rings. The number of nitrogens with zero attached hydrogens (tertiary/aromatic N) is 2. The quantitative estimate of drug-likeness (QED) is 0.679. The van der Waals surface area contributed by atoms with E-state index in [0.29, 0.717) is 24.5 Å². The summed E-state index contributed by atoms with van der Waals surface area (Å²) in [4.78, 5) is 0. The molecule has 0 aliphatic carbocycles. The van der Waals surface area contributed by atoms with Gasteiger partial charge in [-0.05, 0) is 18.4 Å². The normalized spacial score (nSPS) is 11.0. The first kappa shape index (κ1) is 13.3. The Bertz CT molecular complexity index is 290. The number of nitrogens with one attached hydrogen (secondary N) is 2. The molecule has 0 aliphatic heterocycles. The second kappa shape index (κ2) is 7.51. The minimum Gasteiger partial charge on any atom is -0.407 e. The van der Waals surface area contributed by atoms with Gasteiger partial charge in [0.1, 0.15) is 0 Å². The zero-order chi connectivity index (χ0) is 11.8. The molecular formula is C10H20N4OS. The minimum absolute atomic E-state index is 0.421. The predicted molar refractivity (Wildman–Crippen MR) is 67.8 cm³/mol. The highest BCUT2D eigenvalue weighted by molar-refractivity contribution is 7.98. The molecule has 0 aliphatic rings.